The van der Waals surface area contributed by atoms with Crippen molar-refractivity contribution in [3.05, 3.63) is 35.4 Å². The van der Waals surface area contributed by atoms with Gasteiger partial charge in [0.25, 0.3) is 5.91 Å². The third-order valence-corrected chi connectivity index (χ3v) is 3.45. The number of rotatable bonds is 6. The Hall–Kier alpha value is -2.05. The molecular formula is C16H21N3O3. The van der Waals surface area contributed by atoms with Gasteiger partial charge in [0.15, 0.2) is 6.10 Å². The quantitative estimate of drug-likeness (QED) is 0.758. The molecule has 0 saturated heterocycles. The zero-order valence-corrected chi connectivity index (χ0v) is 13.4. The van der Waals surface area contributed by atoms with Gasteiger partial charge < -0.3 is 4.74 Å². The van der Waals surface area contributed by atoms with Crippen LogP contribution >= 0.6 is 0 Å². The highest BCUT2D eigenvalue weighted by atomic mass is 16.7. The Labute approximate surface area is 130 Å². The van der Waals surface area contributed by atoms with Crippen molar-refractivity contribution in [1.29, 1.82) is 0 Å². The summed E-state index contributed by atoms with van der Waals surface area (Å²) >= 11 is 0. The molecule has 0 spiro atoms. The van der Waals surface area contributed by atoms with Gasteiger partial charge in [-0.05, 0) is 25.0 Å². The molecule has 0 fully saturated rings. The van der Waals surface area contributed by atoms with Crippen molar-refractivity contribution in [2.45, 2.75) is 26.4 Å². The second-order valence-electron chi connectivity index (χ2n) is 5.03. The number of hydrogen-bond acceptors (Lipinski definition) is 5. The van der Waals surface area contributed by atoms with Gasteiger partial charge >= 0.3 is 0 Å². The summed E-state index contributed by atoms with van der Waals surface area (Å²) in [5.74, 6) is -0.241. The molecule has 1 heterocycles. The van der Waals surface area contributed by atoms with Crippen LogP contribution in [0.25, 0.3) is 0 Å². The summed E-state index contributed by atoms with van der Waals surface area (Å²) in [4.78, 5) is 17.2. The summed E-state index contributed by atoms with van der Waals surface area (Å²) in [6, 6.07) is 7.64. The molecule has 2 rings (SSSR count). The Morgan fingerprint density at radius 3 is 2.50 bits per heavy atom. The number of carbonyl (C=O) groups is 1. The molecular weight excluding hydrogens is 282 g/mol. The minimum Gasteiger partial charge on any atom is -0.364 e. The molecule has 22 heavy (non-hydrogen) atoms. The SMILES string of the molecule is CCOC(C(=O)N(C)OC)c1ccc(C2=NN=C(C)C2)cc1. The Balaban J connectivity index is 2.17. The minimum atomic E-state index is -0.674. The number of benzene rings is 1. The molecule has 1 aliphatic heterocycles. The molecule has 1 amide bonds. The molecule has 6 nitrogen and oxygen atoms in total. The molecule has 6 heteroatoms. The van der Waals surface area contributed by atoms with Gasteiger partial charge in [-0.15, -0.1) is 0 Å². The number of likely N-dealkylation sites (N-methyl/N-ethyl adjacent to an activating group) is 1. The van der Waals surface area contributed by atoms with Crippen LogP contribution in [0.1, 0.15) is 37.5 Å². The maximum absolute atomic E-state index is 12.3. The van der Waals surface area contributed by atoms with E-state index < -0.39 is 6.10 Å². The van der Waals surface area contributed by atoms with Crippen LogP contribution in [0.4, 0.5) is 0 Å². The Morgan fingerprint density at radius 1 is 1.32 bits per heavy atom. The van der Waals surface area contributed by atoms with Crippen LogP contribution in [0.2, 0.25) is 0 Å². The molecule has 0 bridgehead atoms. The lowest BCUT2D eigenvalue weighted by atomic mass is 10.0. The van der Waals surface area contributed by atoms with Crippen molar-refractivity contribution in [2.24, 2.45) is 10.2 Å². The van der Waals surface area contributed by atoms with Gasteiger partial charge in [-0.25, -0.2) is 5.06 Å². The van der Waals surface area contributed by atoms with Gasteiger partial charge in [-0.2, -0.15) is 10.2 Å². The molecule has 118 valence electrons. The molecule has 1 aliphatic rings. The van der Waals surface area contributed by atoms with E-state index in [2.05, 4.69) is 10.2 Å². The number of hydrogen-bond donors (Lipinski definition) is 0. The van der Waals surface area contributed by atoms with Crippen LogP contribution in [0.3, 0.4) is 0 Å². The van der Waals surface area contributed by atoms with Crippen molar-refractivity contribution < 1.29 is 14.4 Å². The molecule has 0 N–H and O–H groups in total. The first kappa shape index (κ1) is 16.3. The van der Waals surface area contributed by atoms with E-state index in [1.54, 1.807) is 7.05 Å². The number of amides is 1. The fraction of sp³-hybridized carbons (Fsp3) is 0.438. The summed E-state index contributed by atoms with van der Waals surface area (Å²) in [5, 5.41) is 9.37. The second-order valence-corrected chi connectivity index (χ2v) is 5.03. The summed E-state index contributed by atoms with van der Waals surface area (Å²) in [6.07, 6.45) is 0.0899. The van der Waals surface area contributed by atoms with Crippen molar-refractivity contribution in [2.75, 3.05) is 20.8 Å². The van der Waals surface area contributed by atoms with Crippen molar-refractivity contribution in [1.82, 2.24) is 5.06 Å². The predicted octanol–water partition coefficient (Wildman–Crippen LogP) is 2.35. The van der Waals surface area contributed by atoms with E-state index in [1.165, 1.54) is 12.2 Å². The van der Waals surface area contributed by atoms with E-state index in [1.807, 2.05) is 38.1 Å². The molecule has 1 aromatic rings. The average molecular weight is 303 g/mol. The molecule has 0 aromatic heterocycles. The van der Waals surface area contributed by atoms with Crippen LogP contribution in [0.15, 0.2) is 34.5 Å². The highest BCUT2D eigenvalue weighted by Crippen LogP contribution is 2.22. The van der Waals surface area contributed by atoms with Crippen molar-refractivity contribution in [3.8, 4) is 0 Å². The number of nitrogens with zero attached hydrogens (tertiary/aromatic N) is 3. The van der Waals surface area contributed by atoms with Crippen LogP contribution in [0, 0.1) is 0 Å². The van der Waals surface area contributed by atoms with Gasteiger partial charge in [-0.3, -0.25) is 9.63 Å². The smallest absolute Gasteiger partial charge is 0.279 e. The minimum absolute atomic E-state index is 0.241. The summed E-state index contributed by atoms with van der Waals surface area (Å²) in [6.45, 7) is 4.25. The number of ether oxygens (including phenoxy) is 1. The third kappa shape index (κ3) is 3.58. The highest BCUT2D eigenvalue weighted by molar-refractivity contribution is 6.14. The van der Waals surface area contributed by atoms with Crippen molar-refractivity contribution in [3.63, 3.8) is 0 Å². The zero-order chi connectivity index (χ0) is 16.1. The average Bonchev–Trinajstić information content (AvgIpc) is 2.98. The van der Waals surface area contributed by atoms with E-state index in [0.717, 1.165) is 29.0 Å². The largest absolute Gasteiger partial charge is 0.364 e. The zero-order valence-electron chi connectivity index (χ0n) is 13.4. The van der Waals surface area contributed by atoms with Crippen LogP contribution in [-0.2, 0) is 14.4 Å². The van der Waals surface area contributed by atoms with Gasteiger partial charge in [0.2, 0.25) is 0 Å². The first-order valence-corrected chi connectivity index (χ1v) is 7.20. The molecule has 0 radical (unpaired) electrons. The molecule has 0 aliphatic carbocycles. The van der Waals surface area contributed by atoms with Gasteiger partial charge in [0.1, 0.15) is 0 Å². The fourth-order valence-electron chi connectivity index (χ4n) is 2.20. The summed E-state index contributed by atoms with van der Waals surface area (Å²) in [5.41, 5.74) is 3.74. The van der Waals surface area contributed by atoms with E-state index in [0.29, 0.717) is 6.61 Å². The standard InChI is InChI=1S/C16H21N3O3/c1-5-22-15(16(20)19(3)21-4)13-8-6-12(7-9-13)14-10-11(2)17-18-14/h6-9,15H,5,10H2,1-4H3. The Morgan fingerprint density at radius 2 is 2.00 bits per heavy atom. The summed E-state index contributed by atoms with van der Waals surface area (Å²) < 4.78 is 5.57. The maximum Gasteiger partial charge on any atom is 0.279 e. The normalized spacial score (nSPS) is 15.3. The number of hydroxylamine groups is 2. The van der Waals surface area contributed by atoms with Crippen molar-refractivity contribution >= 4 is 17.3 Å². The van der Waals surface area contributed by atoms with E-state index in [9.17, 15) is 4.79 Å². The molecule has 1 atom stereocenters. The second kappa shape index (κ2) is 7.29. The maximum atomic E-state index is 12.3. The fourth-order valence-corrected chi connectivity index (χ4v) is 2.20. The Kier molecular flexibility index (Phi) is 5.41. The van der Waals surface area contributed by atoms with Gasteiger partial charge in [0, 0.05) is 25.8 Å². The lowest BCUT2D eigenvalue weighted by Gasteiger charge is -2.22. The van der Waals surface area contributed by atoms with Crippen LogP contribution < -0.4 is 0 Å². The topological polar surface area (TPSA) is 63.5 Å². The van der Waals surface area contributed by atoms with Gasteiger partial charge in [-0.1, -0.05) is 24.3 Å². The molecule has 1 aromatic carbocycles. The predicted molar refractivity (Wildman–Crippen MR) is 84.9 cm³/mol. The first-order valence-electron chi connectivity index (χ1n) is 7.20. The van der Waals surface area contributed by atoms with E-state index in [-0.39, 0.29) is 5.91 Å². The first-order chi connectivity index (χ1) is 10.6. The van der Waals surface area contributed by atoms with E-state index in [4.69, 9.17) is 9.57 Å². The van der Waals surface area contributed by atoms with E-state index >= 15 is 0 Å². The van der Waals surface area contributed by atoms with Crippen LogP contribution in [0.5, 0.6) is 0 Å². The van der Waals surface area contributed by atoms with Gasteiger partial charge in [0.05, 0.1) is 12.8 Å². The van der Waals surface area contributed by atoms with Crippen LogP contribution in [-0.4, -0.2) is 43.2 Å². The third-order valence-electron chi connectivity index (χ3n) is 3.45. The monoisotopic (exact) mass is 303 g/mol. The highest BCUT2D eigenvalue weighted by Gasteiger charge is 2.25. The lowest BCUT2D eigenvalue weighted by molar-refractivity contribution is -0.181. The summed E-state index contributed by atoms with van der Waals surface area (Å²) in [7, 11) is 3.01. The molecule has 0 saturated carbocycles. The lowest BCUT2D eigenvalue weighted by Crippen LogP contribution is -2.32. The number of carbonyl (C=O) groups excluding carboxylic acids is 1. The Bertz CT molecular complexity index is 593. The molecule has 1 unspecified atom stereocenters.